The van der Waals surface area contributed by atoms with Gasteiger partial charge in [-0.25, -0.2) is 18.0 Å². The highest BCUT2D eigenvalue weighted by atomic mass is 32.2. The molecular weight excluding hydrogens is 410 g/mol. The summed E-state index contributed by atoms with van der Waals surface area (Å²) in [5, 5.41) is 0. The van der Waals surface area contributed by atoms with Gasteiger partial charge in [0.1, 0.15) is 22.6 Å². The molecular formula is C21H24F2N4O2S. The van der Waals surface area contributed by atoms with Gasteiger partial charge in [-0.05, 0) is 24.6 Å². The number of anilines is 1. The van der Waals surface area contributed by atoms with Gasteiger partial charge in [-0.2, -0.15) is 0 Å². The second kappa shape index (κ2) is 9.34. The highest BCUT2D eigenvalue weighted by molar-refractivity contribution is 7.86. The third-order valence-electron chi connectivity index (χ3n) is 5.06. The van der Waals surface area contributed by atoms with Crippen LogP contribution in [-0.4, -0.2) is 40.3 Å². The molecule has 2 aliphatic heterocycles. The number of benzene rings is 2. The van der Waals surface area contributed by atoms with Crippen LogP contribution in [0, 0.1) is 17.6 Å². The fourth-order valence-corrected chi connectivity index (χ4v) is 4.65. The summed E-state index contributed by atoms with van der Waals surface area (Å²) in [6.45, 7) is 2.57. The summed E-state index contributed by atoms with van der Waals surface area (Å²) in [5.74, 6) is -1.32. The van der Waals surface area contributed by atoms with E-state index < -0.39 is 34.6 Å². The normalized spacial score (nSPS) is 23.7. The maximum absolute atomic E-state index is 13.7. The Hall–Kier alpha value is -2.81. The summed E-state index contributed by atoms with van der Waals surface area (Å²) in [6, 6.07) is 12.4. The van der Waals surface area contributed by atoms with Crippen LogP contribution >= 0.6 is 0 Å². The number of carbonyl (C=O) groups is 1. The number of aliphatic imine (C=N–C) groups is 1. The average molecular weight is 435 g/mol. The van der Waals surface area contributed by atoms with Gasteiger partial charge in [0.05, 0.1) is 12.0 Å². The molecule has 2 N–H and O–H groups in total. The lowest BCUT2D eigenvalue weighted by Gasteiger charge is -2.31. The molecule has 4 rings (SSSR count). The molecule has 160 valence electrons. The van der Waals surface area contributed by atoms with Crippen LogP contribution in [0.3, 0.4) is 0 Å². The van der Waals surface area contributed by atoms with Crippen LogP contribution in [0.25, 0.3) is 0 Å². The number of halogens is 2. The number of nitrogens with two attached hydrogens (primary N) is 1. The van der Waals surface area contributed by atoms with Gasteiger partial charge in [-0.3, -0.25) is 14.0 Å². The van der Waals surface area contributed by atoms with E-state index in [2.05, 4.69) is 4.99 Å². The molecule has 0 aromatic heterocycles. The van der Waals surface area contributed by atoms with Crippen LogP contribution in [0.15, 0.2) is 53.5 Å². The van der Waals surface area contributed by atoms with Crippen molar-refractivity contribution in [3.05, 3.63) is 65.7 Å². The Kier molecular flexibility index (Phi) is 6.81. The first-order valence-corrected chi connectivity index (χ1v) is 10.8. The van der Waals surface area contributed by atoms with E-state index in [0.29, 0.717) is 0 Å². The molecule has 0 saturated carbocycles. The number of rotatable bonds is 2. The van der Waals surface area contributed by atoms with Crippen LogP contribution in [0.2, 0.25) is 0 Å². The molecule has 2 aromatic rings. The zero-order valence-electron chi connectivity index (χ0n) is 16.8. The van der Waals surface area contributed by atoms with Crippen LogP contribution in [-0.2, 0) is 15.8 Å². The molecule has 0 radical (unpaired) electrons. The molecule has 2 heterocycles. The molecule has 2 aliphatic rings. The van der Waals surface area contributed by atoms with E-state index in [9.17, 15) is 17.8 Å². The third-order valence-corrected chi connectivity index (χ3v) is 6.58. The molecule has 30 heavy (non-hydrogen) atoms. The molecule has 0 spiro atoms. The molecule has 1 amide bonds. The Labute approximate surface area is 177 Å². The third kappa shape index (κ3) is 4.67. The van der Waals surface area contributed by atoms with Crippen molar-refractivity contribution in [3.8, 4) is 0 Å². The van der Waals surface area contributed by atoms with Gasteiger partial charge in [0.2, 0.25) is 5.91 Å². The molecule has 0 bridgehead atoms. The first-order chi connectivity index (χ1) is 14.3. The minimum absolute atomic E-state index is 0.0341. The molecule has 6 nitrogen and oxygen atoms in total. The zero-order chi connectivity index (χ0) is 21.8. The SMILES string of the molecule is CC1C(=O)N(C)C(N)=NC1c1ccc(F)cc1F.O=S1CCCN1c1ccccc1. The molecule has 1 saturated heterocycles. The summed E-state index contributed by atoms with van der Waals surface area (Å²) in [6.07, 6.45) is 1.04. The lowest BCUT2D eigenvalue weighted by molar-refractivity contribution is -0.131. The van der Waals surface area contributed by atoms with E-state index in [1.54, 1.807) is 6.92 Å². The highest BCUT2D eigenvalue weighted by Gasteiger charge is 2.34. The van der Waals surface area contributed by atoms with E-state index in [1.165, 1.54) is 18.0 Å². The largest absolute Gasteiger partial charge is 0.369 e. The number of hydrogen-bond donors (Lipinski definition) is 1. The molecule has 3 unspecified atom stereocenters. The van der Waals surface area contributed by atoms with E-state index in [0.717, 1.165) is 36.5 Å². The average Bonchev–Trinajstić information content (AvgIpc) is 3.17. The smallest absolute Gasteiger partial charge is 0.234 e. The fourth-order valence-electron chi connectivity index (χ4n) is 3.36. The van der Waals surface area contributed by atoms with Crippen LogP contribution in [0.1, 0.15) is 24.9 Å². The summed E-state index contributed by atoms with van der Waals surface area (Å²) in [5.41, 5.74) is 6.85. The van der Waals surface area contributed by atoms with Gasteiger partial charge in [0.15, 0.2) is 5.96 Å². The van der Waals surface area contributed by atoms with Crippen molar-refractivity contribution < 1.29 is 17.8 Å². The summed E-state index contributed by atoms with van der Waals surface area (Å²) >= 11 is 0. The topological polar surface area (TPSA) is 79.0 Å². The van der Waals surface area contributed by atoms with Crippen LogP contribution < -0.4 is 10.0 Å². The second-order valence-electron chi connectivity index (χ2n) is 7.10. The highest BCUT2D eigenvalue weighted by Crippen LogP contribution is 2.32. The van der Waals surface area contributed by atoms with E-state index >= 15 is 0 Å². The Morgan fingerprint density at radius 2 is 1.87 bits per heavy atom. The molecule has 3 atom stereocenters. The van der Waals surface area contributed by atoms with Crippen molar-refractivity contribution in [2.24, 2.45) is 16.6 Å². The lowest BCUT2D eigenvalue weighted by Crippen LogP contribution is -2.47. The monoisotopic (exact) mass is 434 g/mol. The van der Waals surface area contributed by atoms with Crippen molar-refractivity contribution in [3.63, 3.8) is 0 Å². The van der Waals surface area contributed by atoms with Gasteiger partial charge < -0.3 is 5.73 Å². The maximum atomic E-state index is 13.7. The summed E-state index contributed by atoms with van der Waals surface area (Å²) in [7, 11) is 0.731. The van der Waals surface area contributed by atoms with Crippen molar-refractivity contribution in [2.45, 2.75) is 19.4 Å². The summed E-state index contributed by atoms with van der Waals surface area (Å²) in [4.78, 5) is 17.2. The number of nitrogens with zero attached hydrogens (tertiary/aromatic N) is 3. The zero-order valence-corrected chi connectivity index (χ0v) is 17.6. The van der Waals surface area contributed by atoms with Crippen molar-refractivity contribution >= 4 is 28.5 Å². The summed E-state index contributed by atoms with van der Waals surface area (Å²) < 4.78 is 39.9. The minimum Gasteiger partial charge on any atom is -0.369 e. The number of amides is 1. The van der Waals surface area contributed by atoms with Crippen LogP contribution in [0.5, 0.6) is 0 Å². The van der Waals surface area contributed by atoms with Crippen molar-refractivity contribution in [2.75, 3.05) is 23.7 Å². The Balaban J connectivity index is 0.000000184. The first kappa shape index (κ1) is 21.9. The Morgan fingerprint density at radius 1 is 1.17 bits per heavy atom. The van der Waals surface area contributed by atoms with Crippen molar-refractivity contribution in [1.82, 2.24) is 4.90 Å². The number of hydrogen-bond acceptors (Lipinski definition) is 4. The molecule has 9 heteroatoms. The van der Waals surface area contributed by atoms with E-state index in [-0.39, 0.29) is 17.4 Å². The van der Waals surface area contributed by atoms with Gasteiger partial charge in [0, 0.05) is 36.7 Å². The maximum Gasteiger partial charge on any atom is 0.234 e. The van der Waals surface area contributed by atoms with Gasteiger partial charge >= 0.3 is 0 Å². The predicted molar refractivity (Wildman–Crippen MR) is 114 cm³/mol. The number of carbonyl (C=O) groups excluding carboxylic acids is 1. The van der Waals surface area contributed by atoms with Gasteiger partial charge in [-0.15, -0.1) is 0 Å². The fraction of sp³-hybridized carbons (Fsp3) is 0.333. The molecule has 1 fully saturated rings. The Morgan fingerprint density at radius 3 is 2.47 bits per heavy atom. The lowest BCUT2D eigenvalue weighted by atomic mass is 9.92. The standard InChI is InChI=1S/C12H13F2N3O.C9H11NOS/c1-6-10(16-12(15)17(2)11(6)18)8-4-3-7(13)5-9(8)14;11-12-8-4-7-10(12)9-5-2-1-3-6-9/h3-6,10H,1-2H3,(H2,15,16);1-3,5-6H,4,7-8H2. The predicted octanol–water partition coefficient (Wildman–Crippen LogP) is 2.99. The van der Waals surface area contributed by atoms with E-state index in [1.807, 2.05) is 34.6 Å². The van der Waals surface area contributed by atoms with Crippen molar-refractivity contribution in [1.29, 1.82) is 0 Å². The quantitative estimate of drug-likeness (QED) is 0.789. The molecule has 2 aromatic carbocycles. The van der Waals surface area contributed by atoms with Gasteiger partial charge in [-0.1, -0.05) is 31.2 Å². The minimum atomic E-state index is -0.778. The van der Waals surface area contributed by atoms with E-state index in [4.69, 9.17) is 5.73 Å². The number of para-hydroxylation sites is 1. The number of guanidine groups is 1. The Bertz CT molecular complexity index is 971. The van der Waals surface area contributed by atoms with Crippen LogP contribution in [0.4, 0.5) is 14.5 Å². The second-order valence-corrected chi connectivity index (χ2v) is 8.59. The first-order valence-electron chi connectivity index (χ1n) is 9.56. The van der Waals surface area contributed by atoms with Gasteiger partial charge in [0.25, 0.3) is 0 Å². The molecule has 0 aliphatic carbocycles.